The van der Waals surface area contributed by atoms with Crippen molar-refractivity contribution in [3.8, 4) is 0 Å². The molecule has 0 saturated heterocycles. The molecule has 94 valence electrons. The van der Waals surface area contributed by atoms with Crippen LogP contribution in [-0.2, 0) is 5.60 Å². The van der Waals surface area contributed by atoms with Crippen LogP contribution in [0.5, 0.6) is 0 Å². The van der Waals surface area contributed by atoms with Crippen molar-refractivity contribution in [2.45, 2.75) is 5.60 Å². The Hall–Kier alpha value is -1.06. The molecule has 0 amide bonds. The van der Waals surface area contributed by atoms with Crippen LogP contribution in [-0.4, -0.2) is 16.8 Å². The minimum absolute atomic E-state index is 0.420. The van der Waals surface area contributed by atoms with E-state index in [1.807, 2.05) is 0 Å². The van der Waals surface area contributed by atoms with Gasteiger partial charge in [0, 0.05) is 10.0 Å². The second kappa shape index (κ2) is 5.29. The number of aliphatic hydroxyl groups is 2. The predicted molar refractivity (Wildman–Crippen MR) is 73.0 cm³/mol. The summed E-state index contributed by atoms with van der Waals surface area (Å²) in [6.07, 6.45) is 0. The van der Waals surface area contributed by atoms with E-state index in [0.717, 1.165) is 0 Å². The standard InChI is InChI=1S/C14H12Cl2O2/c15-12-5-1-10(2-6-12)14(18,9-17)11-3-7-13(16)8-4-11/h1-8,17-18H,9H2. The van der Waals surface area contributed by atoms with Crippen molar-refractivity contribution in [1.82, 2.24) is 0 Å². The molecular weight excluding hydrogens is 271 g/mol. The van der Waals surface area contributed by atoms with Gasteiger partial charge in [-0.3, -0.25) is 0 Å². The SMILES string of the molecule is OCC(O)(c1ccc(Cl)cc1)c1ccc(Cl)cc1. The molecule has 4 heteroatoms. The molecule has 2 N–H and O–H groups in total. The van der Waals surface area contributed by atoms with Crippen molar-refractivity contribution in [2.75, 3.05) is 6.61 Å². The monoisotopic (exact) mass is 282 g/mol. The van der Waals surface area contributed by atoms with E-state index in [-0.39, 0.29) is 0 Å². The topological polar surface area (TPSA) is 40.5 Å². The molecule has 0 aliphatic rings. The Bertz CT molecular complexity index is 475. The first-order chi connectivity index (χ1) is 8.56. The fourth-order valence-corrected chi connectivity index (χ4v) is 2.05. The van der Waals surface area contributed by atoms with Gasteiger partial charge in [-0.2, -0.15) is 0 Å². The van der Waals surface area contributed by atoms with Crippen molar-refractivity contribution in [3.05, 3.63) is 69.7 Å². The second-order valence-corrected chi connectivity index (χ2v) is 4.91. The molecule has 0 radical (unpaired) electrons. The molecule has 0 fully saturated rings. The maximum atomic E-state index is 10.6. The Morgan fingerprint density at radius 2 is 1.11 bits per heavy atom. The van der Waals surface area contributed by atoms with Gasteiger partial charge in [0.15, 0.2) is 0 Å². The van der Waals surface area contributed by atoms with E-state index in [1.54, 1.807) is 48.5 Å². The Morgan fingerprint density at radius 3 is 1.39 bits per heavy atom. The summed E-state index contributed by atoms with van der Waals surface area (Å²) in [4.78, 5) is 0. The number of hydrogen-bond acceptors (Lipinski definition) is 2. The summed E-state index contributed by atoms with van der Waals surface area (Å²) in [5, 5.41) is 21.3. The Morgan fingerprint density at radius 1 is 0.778 bits per heavy atom. The lowest BCUT2D eigenvalue weighted by atomic mass is 9.87. The summed E-state index contributed by atoms with van der Waals surface area (Å²) in [7, 11) is 0. The first-order valence-corrected chi connectivity index (χ1v) is 6.17. The largest absolute Gasteiger partial charge is 0.393 e. The van der Waals surface area contributed by atoms with Gasteiger partial charge in [-0.1, -0.05) is 47.5 Å². The first-order valence-electron chi connectivity index (χ1n) is 5.41. The molecule has 0 aliphatic carbocycles. The Balaban J connectivity index is 2.47. The highest BCUT2D eigenvalue weighted by Crippen LogP contribution is 2.30. The van der Waals surface area contributed by atoms with Gasteiger partial charge in [0.2, 0.25) is 0 Å². The van der Waals surface area contributed by atoms with E-state index in [2.05, 4.69) is 0 Å². The number of benzene rings is 2. The first kappa shape index (κ1) is 13.4. The van der Waals surface area contributed by atoms with Crippen LogP contribution in [0.1, 0.15) is 11.1 Å². The second-order valence-electron chi connectivity index (χ2n) is 4.03. The lowest BCUT2D eigenvalue weighted by Crippen LogP contribution is -2.31. The van der Waals surface area contributed by atoms with Crippen LogP contribution in [0.15, 0.2) is 48.5 Å². The molecular formula is C14H12Cl2O2. The fourth-order valence-electron chi connectivity index (χ4n) is 1.80. The normalized spacial score (nSPS) is 11.6. The summed E-state index contributed by atoms with van der Waals surface area (Å²) in [5.41, 5.74) is -0.289. The molecule has 2 rings (SSSR count). The maximum absolute atomic E-state index is 10.6. The molecule has 0 saturated carbocycles. The molecule has 0 spiro atoms. The Kier molecular flexibility index (Phi) is 3.93. The summed E-state index contributed by atoms with van der Waals surface area (Å²) >= 11 is 11.6. The third-order valence-electron chi connectivity index (χ3n) is 2.87. The van der Waals surface area contributed by atoms with Gasteiger partial charge >= 0.3 is 0 Å². The summed E-state index contributed by atoms with van der Waals surface area (Å²) in [6.45, 7) is -0.420. The number of rotatable bonds is 3. The third-order valence-corrected chi connectivity index (χ3v) is 3.38. The van der Waals surface area contributed by atoms with Crippen molar-refractivity contribution in [3.63, 3.8) is 0 Å². The maximum Gasteiger partial charge on any atom is 0.138 e. The Labute approximate surface area is 115 Å². The predicted octanol–water partition coefficient (Wildman–Crippen LogP) is 3.22. The smallest absolute Gasteiger partial charge is 0.138 e. The van der Waals surface area contributed by atoms with Crippen molar-refractivity contribution in [2.24, 2.45) is 0 Å². The third kappa shape index (κ3) is 2.52. The molecule has 0 atom stereocenters. The lowest BCUT2D eigenvalue weighted by molar-refractivity contribution is 0.0173. The van der Waals surface area contributed by atoms with E-state index >= 15 is 0 Å². The molecule has 2 aromatic rings. The van der Waals surface area contributed by atoms with Gasteiger partial charge in [0.1, 0.15) is 5.60 Å². The zero-order valence-electron chi connectivity index (χ0n) is 9.48. The van der Waals surface area contributed by atoms with Gasteiger partial charge in [-0.05, 0) is 35.4 Å². The van der Waals surface area contributed by atoms with Crippen molar-refractivity contribution in [1.29, 1.82) is 0 Å². The van der Waals surface area contributed by atoms with Crippen molar-refractivity contribution >= 4 is 23.2 Å². The molecule has 0 bridgehead atoms. The van der Waals surface area contributed by atoms with Crippen LogP contribution in [0.3, 0.4) is 0 Å². The number of hydrogen-bond donors (Lipinski definition) is 2. The molecule has 2 aromatic carbocycles. The minimum Gasteiger partial charge on any atom is -0.393 e. The van der Waals surface area contributed by atoms with E-state index in [9.17, 15) is 10.2 Å². The quantitative estimate of drug-likeness (QED) is 0.908. The van der Waals surface area contributed by atoms with Crippen LogP contribution in [0.4, 0.5) is 0 Å². The van der Waals surface area contributed by atoms with E-state index in [1.165, 1.54) is 0 Å². The molecule has 0 heterocycles. The van der Waals surface area contributed by atoms with Gasteiger partial charge < -0.3 is 10.2 Å². The summed E-state index contributed by atoms with van der Waals surface area (Å²) in [5.74, 6) is 0. The van der Waals surface area contributed by atoms with Gasteiger partial charge in [-0.25, -0.2) is 0 Å². The van der Waals surface area contributed by atoms with E-state index in [0.29, 0.717) is 21.2 Å². The van der Waals surface area contributed by atoms with Crippen LogP contribution < -0.4 is 0 Å². The minimum atomic E-state index is -1.45. The molecule has 2 nitrogen and oxygen atoms in total. The van der Waals surface area contributed by atoms with E-state index < -0.39 is 12.2 Å². The zero-order chi connectivity index (χ0) is 13.2. The number of halogens is 2. The van der Waals surface area contributed by atoms with Gasteiger partial charge in [0.05, 0.1) is 6.61 Å². The van der Waals surface area contributed by atoms with Gasteiger partial charge in [-0.15, -0.1) is 0 Å². The summed E-state index contributed by atoms with van der Waals surface area (Å²) in [6, 6.07) is 13.4. The number of aliphatic hydroxyl groups excluding tert-OH is 1. The lowest BCUT2D eigenvalue weighted by Gasteiger charge is -2.27. The van der Waals surface area contributed by atoms with Gasteiger partial charge in [0.25, 0.3) is 0 Å². The fraction of sp³-hybridized carbons (Fsp3) is 0.143. The molecule has 0 aromatic heterocycles. The van der Waals surface area contributed by atoms with Crippen LogP contribution in [0.2, 0.25) is 10.0 Å². The van der Waals surface area contributed by atoms with Crippen molar-refractivity contribution < 1.29 is 10.2 Å². The summed E-state index contributed by atoms with van der Waals surface area (Å²) < 4.78 is 0. The van der Waals surface area contributed by atoms with Crippen LogP contribution >= 0.6 is 23.2 Å². The highest BCUT2D eigenvalue weighted by molar-refractivity contribution is 6.30. The molecule has 0 unspecified atom stereocenters. The zero-order valence-corrected chi connectivity index (χ0v) is 11.0. The van der Waals surface area contributed by atoms with E-state index in [4.69, 9.17) is 23.2 Å². The van der Waals surface area contributed by atoms with Crippen LogP contribution in [0, 0.1) is 0 Å². The highest BCUT2D eigenvalue weighted by Gasteiger charge is 2.30. The average Bonchev–Trinajstić information content (AvgIpc) is 2.39. The molecule has 18 heavy (non-hydrogen) atoms. The highest BCUT2D eigenvalue weighted by atomic mass is 35.5. The average molecular weight is 283 g/mol. The molecule has 0 aliphatic heterocycles. The van der Waals surface area contributed by atoms with Crippen LogP contribution in [0.25, 0.3) is 0 Å².